The van der Waals surface area contributed by atoms with Crippen molar-refractivity contribution in [2.24, 2.45) is 0 Å². The highest BCUT2D eigenvalue weighted by atomic mass is 35.5. The molecule has 0 radical (unpaired) electrons. The number of benzene rings is 4. The number of carbonyl (C=O) groups is 2. The molecule has 0 bridgehead atoms. The van der Waals surface area contributed by atoms with Gasteiger partial charge in [-0.05, 0) is 74.7 Å². The van der Waals surface area contributed by atoms with Crippen LogP contribution in [-0.4, -0.2) is 43.8 Å². The van der Waals surface area contributed by atoms with Gasteiger partial charge in [0, 0.05) is 39.6 Å². The zero-order valence-corrected chi connectivity index (χ0v) is 29.8. The monoisotopic (exact) mass is 713 g/mol. The van der Waals surface area contributed by atoms with Crippen LogP contribution in [-0.2, 0) is 32.6 Å². The summed E-state index contributed by atoms with van der Waals surface area (Å²) < 4.78 is 29.7. The predicted molar refractivity (Wildman–Crippen MR) is 191 cm³/mol. The summed E-state index contributed by atoms with van der Waals surface area (Å²) in [6, 6.07) is 24.4. The van der Waals surface area contributed by atoms with Crippen molar-refractivity contribution >= 4 is 62.3 Å². The van der Waals surface area contributed by atoms with Crippen LogP contribution in [0.3, 0.4) is 0 Å². The van der Waals surface area contributed by atoms with Gasteiger partial charge in [0.1, 0.15) is 12.6 Å². The minimum Gasteiger partial charge on any atom is -0.352 e. The van der Waals surface area contributed by atoms with E-state index in [1.807, 2.05) is 51.1 Å². The Balaban J connectivity index is 1.87. The molecule has 0 heterocycles. The van der Waals surface area contributed by atoms with Crippen molar-refractivity contribution in [3.8, 4) is 0 Å². The molecule has 4 rings (SSSR count). The molecule has 4 aromatic rings. The summed E-state index contributed by atoms with van der Waals surface area (Å²) in [5.74, 6) is -1.01. The maximum Gasteiger partial charge on any atom is 0.264 e. The van der Waals surface area contributed by atoms with E-state index in [9.17, 15) is 18.0 Å². The van der Waals surface area contributed by atoms with E-state index < -0.39 is 28.5 Å². The molecule has 0 saturated carbocycles. The first-order valence-corrected chi connectivity index (χ1v) is 17.8. The molecular weight excluding hydrogens is 677 g/mol. The van der Waals surface area contributed by atoms with Crippen molar-refractivity contribution in [3.05, 3.63) is 128 Å². The van der Waals surface area contributed by atoms with Crippen LogP contribution in [0.5, 0.6) is 0 Å². The van der Waals surface area contributed by atoms with Gasteiger partial charge in [0.2, 0.25) is 11.8 Å². The molecule has 2 atom stereocenters. The first kappa shape index (κ1) is 36.3. The third-order valence-corrected chi connectivity index (χ3v) is 10.9. The van der Waals surface area contributed by atoms with E-state index in [1.54, 1.807) is 55.5 Å². The summed E-state index contributed by atoms with van der Waals surface area (Å²) in [5, 5.41) is 3.98. The number of rotatable bonds is 13. The second-order valence-corrected chi connectivity index (χ2v) is 14.5. The maximum atomic E-state index is 14.7. The van der Waals surface area contributed by atoms with Crippen LogP contribution in [0.1, 0.15) is 42.5 Å². The highest BCUT2D eigenvalue weighted by Crippen LogP contribution is 2.32. The minimum absolute atomic E-state index is 0.00585. The summed E-state index contributed by atoms with van der Waals surface area (Å²) in [6.07, 6.45) is 0.836. The van der Waals surface area contributed by atoms with Gasteiger partial charge in [0.05, 0.1) is 10.6 Å². The van der Waals surface area contributed by atoms with Crippen LogP contribution in [0.2, 0.25) is 15.1 Å². The Morgan fingerprint density at radius 2 is 1.40 bits per heavy atom. The van der Waals surface area contributed by atoms with Crippen molar-refractivity contribution < 1.29 is 18.0 Å². The van der Waals surface area contributed by atoms with Gasteiger partial charge in [-0.15, -0.1) is 0 Å². The number of sulfonamides is 1. The standard InChI is InChI=1S/C36H38Cl3N3O4S/c1-5-25(3)40-36(44)34(21-27-11-7-6-8-12-27)41(22-29-31(38)14-9-15-32(29)39)35(43)23-42(33-16-10-13-30(37)26(33)4)47(45,46)28-19-17-24(2)18-20-28/h6-20,25,34H,5,21-23H2,1-4H3,(H,40,44)/t25-,34+/m0/s1. The number of aryl methyl sites for hydroxylation is 1. The zero-order valence-electron chi connectivity index (χ0n) is 26.7. The SMILES string of the molecule is CC[C@H](C)NC(=O)[C@@H](Cc1ccccc1)N(Cc1c(Cl)cccc1Cl)C(=O)CN(c1cccc(Cl)c1C)S(=O)(=O)c1ccc(C)cc1. The Morgan fingerprint density at radius 1 is 0.809 bits per heavy atom. The Labute approximate surface area is 292 Å². The van der Waals surface area contributed by atoms with E-state index in [1.165, 1.54) is 17.0 Å². The van der Waals surface area contributed by atoms with Gasteiger partial charge in [-0.1, -0.05) is 102 Å². The number of amides is 2. The fraction of sp³-hybridized carbons (Fsp3) is 0.278. The summed E-state index contributed by atoms with van der Waals surface area (Å²) in [6.45, 7) is 6.61. The minimum atomic E-state index is -4.28. The van der Waals surface area contributed by atoms with E-state index in [4.69, 9.17) is 34.8 Å². The van der Waals surface area contributed by atoms with E-state index in [0.717, 1.165) is 15.4 Å². The van der Waals surface area contributed by atoms with E-state index in [0.29, 0.717) is 32.6 Å². The summed E-state index contributed by atoms with van der Waals surface area (Å²) in [7, 11) is -4.28. The third kappa shape index (κ3) is 8.87. The normalized spacial score (nSPS) is 12.7. The number of nitrogens with one attached hydrogen (secondary N) is 1. The van der Waals surface area contributed by atoms with Crippen molar-refractivity contribution in [3.63, 3.8) is 0 Å². The second-order valence-electron chi connectivity index (χ2n) is 11.5. The molecule has 0 aromatic heterocycles. The molecule has 0 aliphatic rings. The van der Waals surface area contributed by atoms with Crippen LogP contribution in [0.4, 0.5) is 5.69 Å². The average Bonchev–Trinajstić information content (AvgIpc) is 3.04. The quantitative estimate of drug-likeness (QED) is 0.152. The molecule has 0 spiro atoms. The molecule has 0 saturated heterocycles. The van der Waals surface area contributed by atoms with Gasteiger partial charge in [-0.25, -0.2) is 8.42 Å². The third-order valence-electron chi connectivity index (χ3n) is 8.06. The van der Waals surface area contributed by atoms with Crippen LogP contribution in [0, 0.1) is 13.8 Å². The Hall–Kier alpha value is -3.56. The van der Waals surface area contributed by atoms with Crippen molar-refractivity contribution in [2.75, 3.05) is 10.8 Å². The number of hydrogen-bond acceptors (Lipinski definition) is 4. The van der Waals surface area contributed by atoms with Gasteiger partial charge in [0.25, 0.3) is 10.0 Å². The maximum absolute atomic E-state index is 14.7. The lowest BCUT2D eigenvalue weighted by Crippen LogP contribution is -2.54. The smallest absolute Gasteiger partial charge is 0.264 e. The topological polar surface area (TPSA) is 86.8 Å². The molecule has 4 aromatic carbocycles. The Kier molecular flexibility index (Phi) is 12.4. The Morgan fingerprint density at radius 3 is 2.02 bits per heavy atom. The summed E-state index contributed by atoms with van der Waals surface area (Å²) in [5.41, 5.74) is 2.85. The van der Waals surface area contributed by atoms with E-state index in [2.05, 4.69) is 5.32 Å². The second kappa shape index (κ2) is 16.0. The summed E-state index contributed by atoms with van der Waals surface area (Å²) >= 11 is 19.6. The van der Waals surface area contributed by atoms with Crippen LogP contribution >= 0.6 is 34.8 Å². The number of nitrogens with zero attached hydrogens (tertiary/aromatic N) is 2. The molecule has 0 fully saturated rings. The highest BCUT2D eigenvalue weighted by molar-refractivity contribution is 7.92. The van der Waals surface area contributed by atoms with Gasteiger partial charge in [-0.3, -0.25) is 13.9 Å². The van der Waals surface area contributed by atoms with Gasteiger partial charge >= 0.3 is 0 Å². The lowest BCUT2D eigenvalue weighted by Gasteiger charge is -2.35. The highest BCUT2D eigenvalue weighted by Gasteiger charge is 2.36. The van der Waals surface area contributed by atoms with Crippen molar-refractivity contribution in [1.29, 1.82) is 0 Å². The van der Waals surface area contributed by atoms with Crippen molar-refractivity contribution in [2.45, 2.75) is 64.1 Å². The first-order valence-electron chi connectivity index (χ1n) is 15.2. The van der Waals surface area contributed by atoms with Gasteiger partial charge in [-0.2, -0.15) is 0 Å². The number of halogens is 3. The van der Waals surface area contributed by atoms with Gasteiger partial charge in [0.15, 0.2) is 0 Å². The first-order chi connectivity index (χ1) is 22.3. The molecule has 47 heavy (non-hydrogen) atoms. The molecule has 7 nitrogen and oxygen atoms in total. The van der Waals surface area contributed by atoms with E-state index in [-0.39, 0.29) is 35.5 Å². The summed E-state index contributed by atoms with van der Waals surface area (Å²) in [4.78, 5) is 30.1. The van der Waals surface area contributed by atoms with E-state index >= 15 is 0 Å². The number of anilines is 1. The fourth-order valence-electron chi connectivity index (χ4n) is 5.07. The molecule has 1 N–H and O–H groups in total. The average molecular weight is 715 g/mol. The number of carbonyl (C=O) groups excluding carboxylic acids is 2. The van der Waals surface area contributed by atoms with Gasteiger partial charge < -0.3 is 10.2 Å². The predicted octanol–water partition coefficient (Wildman–Crippen LogP) is 8.01. The molecule has 2 amide bonds. The largest absolute Gasteiger partial charge is 0.352 e. The van der Waals surface area contributed by atoms with Crippen LogP contribution in [0.15, 0.2) is 95.9 Å². The van der Waals surface area contributed by atoms with Crippen molar-refractivity contribution in [1.82, 2.24) is 10.2 Å². The Bertz CT molecular complexity index is 1800. The van der Waals surface area contributed by atoms with Crippen LogP contribution < -0.4 is 9.62 Å². The molecule has 11 heteroatoms. The lowest BCUT2D eigenvalue weighted by molar-refractivity contribution is -0.140. The number of hydrogen-bond donors (Lipinski definition) is 1. The van der Waals surface area contributed by atoms with Crippen LogP contribution in [0.25, 0.3) is 0 Å². The molecule has 0 unspecified atom stereocenters. The molecule has 0 aliphatic heterocycles. The molecular formula is C36H38Cl3N3O4S. The molecule has 248 valence electrons. The fourth-order valence-corrected chi connectivity index (χ4v) is 7.22. The lowest BCUT2D eigenvalue weighted by atomic mass is 10.0. The molecule has 0 aliphatic carbocycles. The zero-order chi connectivity index (χ0) is 34.3.